The van der Waals surface area contributed by atoms with Crippen LogP contribution in [0.15, 0.2) is 12.2 Å². The largest absolute Gasteiger partial charge is 0.481 e. The zero-order valence-electron chi connectivity index (χ0n) is 17.5. The number of aliphatic carboxylic acids is 2. The van der Waals surface area contributed by atoms with Crippen LogP contribution in [0, 0.1) is 0 Å². The van der Waals surface area contributed by atoms with Crippen LogP contribution in [0.1, 0.15) is 96.8 Å². The molecule has 0 aromatic carbocycles. The van der Waals surface area contributed by atoms with Gasteiger partial charge in [-0.15, -0.1) is 0 Å². The van der Waals surface area contributed by atoms with Crippen molar-refractivity contribution in [2.24, 2.45) is 0 Å². The molecule has 5 nitrogen and oxygen atoms in total. The van der Waals surface area contributed by atoms with E-state index in [0.29, 0.717) is 5.75 Å². The van der Waals surface area contributed by atoms with Crippen molar-refractivity contribution < 1.29 is 24.9 Å². The van der Waals surface area contributed by atoms with Gasteiger partial charge in [0.1, 0.15) is 0 Å². The van der Waals surface area contributed by atoms with E-state index >= 15 is 0 Å². The van der Waals surface area contributed by atoms with E-state index in [-0.39, 0.29) is 24.5 Å². The van der Waals surface area contributed by atoms with Gasteiger partial charge >= 0.3 is 11.9 Å². The second-order valence-corrected chi connectivity index (χ2v) is 8.66. The molecule has 0 fully saturated rings. The van der Waals surface area contributed by atoms with Gasteiger partial charge in [0.25, 0.3) is 0 Å². The molecule has 6 heteroatoms. The lowest BCUT2D eigenvalue weighted by atomic mass is 10.1. The summed E-state index contributed by atoms with van der Waals surface area (Å²) >= 11 is 1.38. The Morgan fingerprint density at radius 2 is 1.39 bits per heavy atom. The van der Waals surface area contributed by atoms with Gasteiger partial charge in [-0.1, -0.05) is 76.9 Å². The van der Waals surface area contributed by atoms with Crippen molar-refractivity contribution in [1.29, 1.82) is 0 Å². The summed E-state index contributed by atoms with van der Waals surface area (Å²) in [5.41, 5.74) is 0. The fourth-order valence-corrected chi connectivity index (χ4v) is 4.14. The first kappa shape index (κ1) is 27.0. The number of thioether (sulfide) groups is 1. The molecule has 0 amide bonds. The lowest BCUT2D eigenvalue weighted by Crippen LogP contribution is -2.23. The summed E-state index contributed by atoms with van der Waals surface area (Å²) in [7, 11) is 0. The van der Waals surface area contributed by atoms with Crippen LogP contribution >= 0.6 is 11.8 Å². The van der Waals surface area contributed by atoms with Gasteiger partial charge < -0.3 is 15.3 Å². The molecule has 0 saturated carbocycles. The highest BCUT2D eigenvalue weighted by Gasteiger charge is 2.18. The average molecular weight is 417 g/mol. The lowest BCUT2D eigenvalue weighted by molar-refractivity contribution is -0.138. The molecule has 0 aromatic heterocycles. The molecule has 0 radical (unpaired) electrons. The van der Waals surface area contributed by atoms with E-state index in [1.807, 2.05) is 12.2 Å². The molecule has 0 rings (SSSR count). The van der Waals surface area contributed by atoms with E-state index in [1.165, 1.54) is 69.5 Å². The maximum absolute atomic E-state index is 10.7. The first-order chi connectivity index (χ1) is 13.5. The predicted octanol–water partition coefficient (Wildman–Crippen LogP) is 5.66. The summed E-state index contributed by atoms with van der Waals surface area (Å²) in [5.74, 6) is -1.38. The third-order valence-electron chi connectivity index (χ3n) is 4.71. The summed E-state index contributed by atoms with van der Waals surface area (Å²) < 4.78 is 0. The highest BCUT2D eigenvalue weighted by atomic mass is 32.2. The van der Waals surface area contributed by atoms with Crippen LogP contribution in [-0.4, -0.2) is 44.4 Å². The molecule has 0 bridgehead atoms. The molecule has 0 spiro atoms. The molecular formula is C22H40O5S. The van der Waals surface area contributed by atoms with Gasteiger partial charge in [-0.25, -0.2) is 0 Å². The average Bonchev–Trinajstić information content (AvgIpc) is 2.65. The Bertz CT molecular complexity index is 425. The van der Waals surface area contributed by atoms with Gasteiger partial charge in [-0.2, -0.15) is 11.8 Å². The molecule has 3 N–H and O–H groups in total. The number of carboxylic acid groups (broad SMARTS) is 2. The minimum absolute atomic E-state index is 0.0408. The van der Waals surface area contributed by atoms with E-state index in [2.05, 4.69) is 6.92 Å². The molecule has 0 aliphatic carbocycles. The van der Waals surface area contributed by atoms with E-state index in [4.69, 9.17) is 10.2 Å². The van der Waals surface area contributed by atoms with E-state index < -0.39 is 18.0 Å². The molecule has 2 atom stereocenters. The standard InChI is InChI=1S/C22H40O5S/c1-2-3-4-5-6-7-8-9-10-11-12-13-14-20(28-18-17-22(26)27)19(23)15-16-21(24)25/h13-14,19-20,23H,2-12,15-18H2,1H3,(H,24,25)(H,26,27). The maximum atomic E-state index is 10.7. The summed E-state index contributed by atoms with van der Waals surface area (Å²) in [6.07, 6.45) is 17.2. The van der Waals surface area contributed by atoms with Crippen LogP contribution < -0.4 is 0 Å². The van der Waals surface area contributed by atoms with Crippen molar-refractivity contribution in [3.05, 3.63) is 12.2 Å². The van der Waals surface area contributed by atoms with Crippen LogP contribution in [0.3, 0.4) is 0 Å². The van der Waals surface area contributed by atoms with Gasteiger partial charge in [-0.05, 0) is 19.3 Å². The topological polar surface area (TPSA) is 94.8 Å². The highest BCUT2D eigenvalue weighted by Crippen LogP contribution is 2.21. The number of hydrogen-bond acceptors (Lipinski definition) is 4. The first-order valence-corrected chi connectivity index (χ1v) is 11.9. The molecule has 0 aliphatic rings. The van der Waals surface area contributed by atoms with Crippen LogP contribution in [-0.2, 0) is 9.59 Å². The van der Waals surface area contributed by atoms with Crippen LogP contribution in [0.5, 0.6) is 0 Å². The van der Waals surface area contributed by atoms with Crippen molar-refractivity contribution in [2.45, 2.75) is 108 Å². The number of allylic oxidation sites excluding steroid dienone is 1. The second kappa shape index (κ2) is 19.3. The van der Waals surface area contributed by atoms with Crippen molar-refractivity contribution >= 4 is 23.7 Å². The molecular weight excluding hydrogens is 376 g/mol. The quantitative estimate of drug-likeness (QED) is 0.175. The molecule has 2 unspecified atom stereocenters. The normalized spacial score (nSPS) is 13.6. The van der Waals surface area contributed by atoms with E-state index in [0.717, 1.165) is 12.8 Å². The monoisotopic (exact) mass is 416 g/mol. The second-order valence-electron chi connectivity index (χ2n) is 7.38. The third kappa shape index (κ3) is 18.4. The Hall–Kier alpha value is -1.01. The maximum Gasteiger partial charge on any atom is 0.304 e. The summed E-state index contributed by atoms with van der Waals surface area (Å²) in [4.78, 5) is 21.4. The fourth-order valence-electron chi connectivity index (χ4n) is 2.99. The molecule has 0 aliphatic heterocycles. The SMILES string of the molecule is CCCCCCCCCCCCC=CC(SCCC(=O)O)C(O)CCC(=O)O. The number of carbonyl (C=O) groups is 2. The predicted molar refractivity (Wildman–Crippen MR) is 117 cm³/mol. The minimum Gasteiger partial charge on any atom is -0.481 e. The zero-order chi connectivity index (χ0) is 21.0. The minimum atomic E-state index is -0.928. The number of rotatable bonds is 20. The highest BCUT2D eigenvalue weighted by molar-refractivity contribution is 8.00. The summed E-state index contributed by atoms with van der Waals surface area (Å²) in [6, 6.07) is 0. The Labute approximate surface area is 175 Å². The number of carboxylic acids is 2. The fraction of sp³-hybridized carbons (Fsp3) is 0.818. The van der Waals surface area contributed by atoms with Gasteiger partial charge in [0.2, 0.25) is 0 Å². The van der Waals surface area contributed by atoms with Crippen LogP contribution in [0.2, 0.25) is 0 Å². The van der Waals surface area contributed by atoms with Crippen LogP contribution in [0.25, 0.3) is 0 Å². The number of aliphatic hydroxyl groups is 1. The summed E-state index contributed by atoms with van der Waals surface area (Å²) in [6.45, 7) is 2.24. The molecule has 0 aromatic rings. The smallest absolute Gasteiger partial charge is 0.304 e. The first-order valence-electron chi connectivity index (χ1n) is 10.9. The van der Waals surface area contributed by atoms with Crippen molar-refractivity contribution in [3.63, 3.8) is 0 Å². The Morgan fingerprint density at radius 1 is 0.857 bits per heavy atom. The van der Waals surface area contributed by atoms with Gasteiger partial charge in [-0.3, -0.25) is 9.59 Å². The number of hydrogen-bond donors (Lipinski definition) is 3. The van der Waals surface area contributed by atoms with E-state index in [1.54, 1.807) is 0 Å². The third-order valence-corrected chi connectivity index (χ3v) is 6.01. The van der Waals surface area contributed by atoms with Crippen molar-refractivity contribution in [2.75, 3.05) is 5.75 Å². The van der Waals surface area contributed by atoms with Crippen molar-refractivity contribution in [3.8, 4) is 0 Å². The molecule has 0 saturated heterocycles. The van der Waals surface area contributed by atoms with Gasteiger partial charge in [0.15, 0.2) is 0 Å². The van der Waals surface area contributed by atoms with Crippen molar-refractivity contribution in [1.82, 2.24) is 0 Å². The molecule has 164 valence electrons. The number of unbranched alkanes of at least 4 members (excludes halogenated alkanes) is 10. The van der Waals surface area contributed by atoms with Gasteiger partial charge in [0, 0.05) is 17.4 Å². The zero-order valence-corrected chi connectivity index (χ0v) is 18.3. The van der Waals surface area contributed by atoms with Gasteiger partial charge in [0.05, 0.1) is 12.5 Å². The van der Waals surface area contributed by atoms with E-state index in [9.17, 15) is 14.7 Å². The lowest BCUT2D eigenvalue weighted by Gasteiger charge is -2.18. The molecule has 0 heterocycles. The molecule has 28 heavy (non-hydrogen) atoms. The Morgan fingerprint density at radius 3 is 1.93 bits per heavy atom. The van der Waals surface area contributed by atoms with Crippen LogP contribution in [0.4, 0.5) is 0 Å². The number of aliphatic hydroxyl groups excluding tert-OH is 1. The Kier molecular flexibility index (Phi) is 18.6. The summed E-state index contributed by atoms with van der Waals surface area (Å²) in [5, 5.41) is 27.5. The Balaban J connectivity index is 3.96.